The van der Waals surface area contributed by atoms with Gasteiger partial charge in [0.25, 0.3) is 0 Å². The fourth-order valence-corrected chi connectivity index (χ4v) is 1.50. The summed E-state index contributed by atoms with van der Waals surface area (Å²) in [6.45, 7) is 0. The smallest absolute Gasteiger partial charge is 0.214 e. The Morgan fingerprint density at radius 3 is 2.67 bits per heavy atom. The average Bonchev–Trinajstić information content (AvgIpc) is 2.16. The quantitative estimate of drug-likeness (QED) is 0.490. The molecule has 1 rings (SSSR count). The van der Waals surface area contributed by atoms with Crippen LogP contribution in [0.2, 0.25) is 0 Å². The molecule has 0 unspecified atom stereocenters. The number of H-pyrrole nitrogens is 1. The molecule has 0 fully saturated rings. The maximum atomic E-state index is 10.8. The van der Waals surface area contributed by atoms with Crippen LogP contribution in [0.1, 0.15) is 5.82 Å². The fourth-order valence-electron chi connectivity index (χ4n) is 0.674. The molecule has 0 aliphatic rings. The Labute approximate surface area is 74.3 Å². The minimum absolute atomic E-state index is 0.202. The van der Waals surface area contributed by atoms with Crippen molar-refractivity contribution in [1.82, 2.24) is 14.9 Å². The number of nitrogens with zero attached hydrogens (tertiary/aromatic N) is 2. The van der Waals surface area contributed by atoms with Gasteiger partial charge in [-0.05, 0) is 12.2 Å². The van der Waals surface area contributed by atoms with Gasteiger partial charge in [0, 0.05) is 6.26 Å². The molecule has 0 spiro atoms. The zero-order valence-electron chi connectivity index (χ0n) is 6.31. The van der Waals surface area contributed by atoms with Gasteiger partial charge in [0.1, 0.15) is 5.75 Å². The van der Waals surface area contributed by atoms with E-state index in [1.54, 1.807) is 0 Å². The number of hydrogen-bond acceptors (Lipinski definition) is 5. The Kier molecular flexibility index (Phi) is 2.20. The van der Waals surface area contributed by atoms with Gasteiger partial charge in [0.05, 0.1) is 0 Å². The van der Waals surface area contributed by atoms with Crippen LogP contribution in [-0.4, -0.2) is 29.5 Å². The second-order valence-electron chi connectivity index (χ2n) is 2.39. The van der Waals surface area contributed by atoms with Gasteiger partial charge in [0.2, 0.25) is 4.77 Å². The molecule has 1 heterocycles. The van der Waals surface area contributed by atoms with Crippen LogP contribution in [-0.2, 0) is 15.6 Å². The lowest BCUT2D eigenvalue weighted by Gasteiger charge is -1.96. The molecule has 0 saturated heterocycles. The Morgan fingerprint density at radius 1 is 1.75 bits per heavy atom. The van der Waals surface area contributed by atoms with Gasteiger partial charge in [-0.25, -0.2) is 13.1 Å². The van der Waals surface area contributed by atoms with Gasteiger partial charge >= 0.3 is 0 Å². The average molecular weight is 208 g/mol. The maximum absolute atomic E-state index is 10.8. The number of aromatic amines is 1. The third-order valence-corrected chi connectivity index (χ3v) is 2.24. The lowest BCUT2D eigenvalue weighted by Crippen LogP contribution is -2.15. The molecule has 3 N–H and O–H groups in total. The first-order valence-electron chi connectivity index (χ1n) is 2.99. The minimum Gasteiger partial charge on any atom is -0.335 e. The molecule has 0 atom stereocenters. The summed E-state index contributed by atoms with van der Waals surface area (Å²) in [7, 11) is -3.12. The molecule has 0 aliphatic carbocycles. The highest BCUT2D eigenvalue weighted by atomic mass is 32.2. The van der Waals surface area contributed by atoms with Crippen molar-refractivity contribution in [3.05, 3.63) is 10.6 Å². The van der Waals surface area contributed by atoms with Gasteiger partial charge in [-0.1, -0.05) is 0 Å². The lowest BCUT2D eigenvalue weighted by molar-refractivity contribution is 0.598. The summed E-state index contributed by atoms with van der Waals surface area (Å²) in [5, 5.41) is 6.03. The van der Waals surface area contributed by atoms with Crippen molar-refractivity contribution < 1.29 is 8.42 Å². The molecule has 8 heteroatoms. The Hall–Kier alpha value is -0.890. The van der Waals surface area contributed by atoms with Crippen LogP contribution in [0, 0.1) is 4.77 Å². The summed E-state index contributed by atoms with van der Waals surface area (Å²) in [5.41, 5.74) is 0. The van der Waals surface area contributed by atoms with Crippen molar-refractivity contribution >= 4 is 22.1 Å². The largest absolute Gasteiger partial charge is 0.335 e. The van der Waals surface area contributed by atoms with E-state index < -0.39 is 9.84 Å². The first-order chi connectivity index (χ1) is 5.40. The number of sulfone groups is 1. The summed E-state index contributed by atoms with van der Waals surface area (Å²) in [4.78, 5) is 0. The second kappa shape index (κ2) is 2.87. The number of hydrogen-bond donors (Lipinski definition) is 2. The topological polar surface area (TPSA) is 93.8 Å². The number of nitrogens with two attached hydrogens (primary N) is 1. The molecular formula is C4H8N4O2S2. The third-order valence-electron chi connectivity index (χ3n) is 1.17. The minimum atomic E-state index is -3.12. The van der Waals surface area contributed by atoms with Crippen LogP contribution in [0.4, 0.5) is 0 Å². The Bertz CT molecular complexity index is 428. The van der Waals surface area contributed by atoms with Gasteiger partial charge in [-0.3, -0.25) is 5.10 Å². The summed E-state index contributed by atoms with van der Waals surface area (Å²) in [6, 6.07) is 0. The van der Waals surface area contributed by atoms with E-state index in [4.69, 9.17) is 5.84 Å². The summed E-state index contributed by atoms with van der Waals surface area (Å²) in [5.74, 6) is 5.36. The van der Waals surface area contributed by atoms with Crippen molar-refractivity contribution in [2.75, 3.05) is 12.1 Å². The molecule has 0 aliphatic heterocycles. The Balaban J connectivity index is 3.07. The number of rotatable bonds is 2. The first-order valence-corrected chi connectivity index (χ1v) is 5.46. The van der Waals surface area contributed by atoms with Gasteiger partial charge in [-0.2, -0.15) is 5.10 Å². The molecule has 1 aromatic rings. The van der Waals surface area contributed by atoms with E-state index in [2.05, 4.69) is 22.4 Å². The first kappa shape index (κ1) is 9.20. The monoisotopic (exact) mass is 208 g/mol. The zero-order chi connectivity index (χ0) is 9.35. The van der Waals surface area contributed by atoms with E-state index in [0.717, 1.165) is 10.9 Å². The van der Waals surface area contributed by atoms with Gasteiger partial charge in [-0.15, -0.1) is 0 Å². The molecule has 0 amide bonds. The zero-order valence-corrected chi connectivity index (χ0v) is 7.94. The molecule has 68 valence electrons. The van der Waals surface area contributed by atoms with Gasteiger partial charge < -0.3 is 5.84 Å². The molecule has 6 nitrogen and oxygen atoms in total. The molecule has 12 heavy (non-hydrogen) atoms. The van der Waals surface area contributed by atoms with E-state index in [1.165, 1.54) is 0 Å². The number of nitrogens with one attached hydrogen (secondary N) is 1. The number of nitrogen functional groups attached to an aromatic ring is 1. The van der Waals surface area contributed by atoms with Crippen molar-refractivity contribution in [3.8, 4) is 0 Å². The normalized spacial score (nSPS) is 11.8. The second-order valence-corrected chi connectivity index (χ2v) is 4.91. The SMILES string of the molecule is CS(=O)(=O)Cc1n[nH]c(=S)n1N. The molecule has 0 saturated carbocycles. The van der Waals surface area contributed by atoms with E-state index in [1.807, 2.05) is 0 Å². The van der Waals surface area contributed by atoms with Crippen LogP contribution in [0.3, 0.4) is 0 Å². The van der Waals surface area contributed by atoms with Gasteiger partial charge in [0.15, 0.2) is 15.7 Å². The Morgan fingerprint density at radius 2 is 2.33 bits per heavy atom. The summed E-state index contributed by atoms with van der Waals surface area (Å²) < 4.78 is 22.9. The fraction of sp³-hybridized carbons (Fsp3) is 0.500. The van der Waals surface area contributed by atoms with Crippen LogP contribution < -0.4 is 5.84 Å². The van der Waals surface area contributed by atoms with E-state index in [0.29, 0.717) is 0 Å². The molecule has 0 bridgehead atoms. The number of aromatic nitrogens is 3. The van der Waals surface area contributed by atoms with Crippen molar-refractivity contribution in [3.63, 3.8) is 0 Å². The molecule has 0 aromatic carbocycles. The van der Waals surface area contributed by atoms with E-state index in [9.17, 15) is 8.42 Å². The highest BCUT2D eigenvalue weighted by Gasteiger charge is 2.10. The third kappa shape index (κ3) is 2.05. The van der Waals surface area contributed by atoms with Crippen LogP contribution >= 0.6 is 12.2 Å². The highest BCUT2D eigenvalue weighted by Crippen LogP contribution is 1.98. The highest BCUT2D eigenvalue weighted by molar-refractivity contribution is 7.89. The van der Waals surface area contributed by atoms with Crippen LogP contribution in [0.25, 0.3) is 0 Å². The van der Waals surface area contributed by atoms with E-state index in [-0.39, 0.29) is 16.3 Å². The van der Waals surface area contributed by atoms with Crippen molar-refractivity contribution in [2.24, 2.45) is 0 Å². The summed E-state index contributed by atoms with van der Waals surface area (Å²) in [6.07, 6.45) is 1.10. The standard InChI is InChI=1S/C4H8N4O2S2/c1-12(9,10)2-3-6-7-4(11)8(3)5/h2,5H2,1H3,(H,7,11). The predicted octanol–water partition coefficient (Wildman–Crippen LogP) is -0.801. The predicted molar refractivity (Wildman–Crippen MR) is 46.1 cm³/mol. The molecule has 0 radical (unpaired) electrons. The van der Waals surface area contributed by atoms with E-state index >= 15 is 0 Å². The lowest BCUT2D eigenvalue weighted by atomic mass is 10.7. The molecule has 1 aromatic heterocycles. The van der Waals surface area contributed by atoms with Crippen LogP contribution in [0.15, 0.2) is 0 Å². The summed E-state index contributed by atoms with van der Waals surface area (Å²) >= 11 is 4.69. The van der Waals surface area contributed by atoms with Crippen LogP contribution in [0.5, 0.6) is 0 Å². The molecular weight excluding hydrogens is 200 g/mol. The van der Waals surface area contributed by atoms with Crippen molar-refractivity contribution in [1.29, 1.82) is 0 Å². The van der Waals surface area contributed by atoms with Crippen molar-refractivity contribution in [2.45, 2.75) is 5.75 Å². The maximum Gasteiger partial charge on any atom is 0.214 e.